The Hall–Kier alpha value is -2.23. The first-order valence-electron chi connectivity index (χ1n) is 5.54. The molecule has 0 spiro atoms. The van der Waals surface area contributed by atoms with E-state index in [0.717, 1.165) is 13.2 Å². The molecule has 0 fully saturated rings. The molecule has 2 aromatic rings. The van der Waals surface area contributed by atoms with Crippen molar-refractivity contribution in [2.45, 2.75) is 0 Å². The van der Waals surface area contributed by atoms with Gasteiger partial charge in [-0.3, -0.25) is 0 Å². The molecule has 0 saturated heterocycles. The number of aromatic nitrogens is 1. The third kappa shape index (κ3) is 2.53. The predicted octanol–water partition coefficient (Wildman–Crippen LogP) is 3.16. The van der Waals surface area contributed by atoms with Crippen molar-refractivity contribution < 1.29 is 13.9 Å². The first-order chi connectivity index (χ1) is 9.90. The molecule has 1 heterocycles. The Morgan fingerprint density at radius 1 is 1.43 bits per heavy atom. The highest BCUT2D eigenvalue weighted by atomic mass is 35.5. The lowest BCUT2D eigenvalue weighted by Crippen LogP contribution is -2.11. The van der Waals surface area contributed by atoms with Crippen LogP contribution in [0, 0.1) is 17.1 Å². The number of esters is 1. The largest absolute Gasteiger partial charge is 0.464 e. The molecule has 5 nitrogen and oxygen atoms in total. The minimum absolute atomic E-state index is 0.0434. The van der Waals surface area contributed by atoms with Gasteiger partial charge in [-0.2, -0.15) is 5.26 Å². The van der Waals surface area contributed by atoms with Crippen LogP contribution in [0.15, 0.2) is 18.3 Å². The van der Waals surface area contributed by atoms with Crippen molar-refractivity contribution in [1.29, 1.82) is 5.26 Å². The Bertz CT molecular complexity index is 781. The van der Waals surface area contributed by atoms with E-state index in [2.05, 4.69) is 4.74 Å². The van der Waals surface area contributed by atoms with Crippen LogP contribution in [0.3, 0.4) is 0 Å². The van der Waals surface area contributed by atoms with Crippen molar-refractivity contribution in [3.8, 4) is 11.8 Å². The highest BCUT2D eigenvalue weighted by molar-refractivity contribution is 6.35. The van der Waals surface area contributed by atoms with Crippen LogP contribution >= 0.6 is 23.2 Å². The molecule has 2 rings (SSSR count). The maximum atomic E-state index is 13.6. The van der Waals surface area contributed by atoms with Gasteiger partial charge in [-0.1, -0.05) is 23.2 Å². The second kappa shape index (κ2) is 5.64. The smallest absolute Gasteiger partial charge is 0.357 e. The number of hydrogen-bond acceptors (Lipinski definition) is 4. The number of nitrogen functional groups attached to an aromatic ring is 1. The zero-order chi connectivity index (χ0) is 15.7. The second-order valence-electron chi connectivity index (χ2n) is 4.00. The molecule has 0 bridgehead atoms. The molecule has 108 valence electrons. The van der Waals surface area contributed by atoms with E-state index >= 15 is 0 Å². The van der Waals surface area contributed by atoms with Crippen LogP contribution < -0.4 is 5.73 Å². The number of nitrogens with two attached hydrogens (primary N) is 1. The zero-order valence-electron chi connectivity index (χ0n) is 10.7. The molecule has 0 aliphatic heterocycles. The molecule has 1 aromatic carbocycles. The Morgan fingerprint density at radius 3 is 2.67 bits per heavy atom. The molecule has 2 N–H and O–H groups in total. The van der Waals surface area contributed by atoms with Gasteiger partial charge in [0.25, 0.3) is 0 Å². The van der Waals surface area contributed by atoms with Crippen LogP contribution in [0.25, 0.3) is 5.69 Å². The molecule has 0 amide bonds. The van der Waals surface area contributed by atoms with Crippen molar-refractivity contribution >= 4 is 34.9 Å². The molecule has 8 heteroatoms. The van der Waals surface area contributed by atoms with E-state index in [1.54, 1.807) is 0 Å². The number of carbonyl (C=O) groups excluding carboxylic acids is 1. The standard InChI is InChI=1S/C13H8Cl2FN3O2/c1-21-13(20)12-11(18)6(4-17)5-19(12)10-3-9(16)7(14)2-8(10)15/h2-3,5H,18H2,1H3. The number of halogens is 3. The lowest BCUT2D eigenvalue weighted by molar-refractivity contribution is 0.0593. The van der Waals surface area contributed by atoms with Crippen LogP contribution in [0.2, 0.25) is 10.0 Å². The Kier molecular flexibility index (Phi) is 4.07. The number of benzene rings is 1. The summed E-state index contributed by atoms with van der Waals surface area (Å²) in [5.74, 6) is -1.50. The number of carbonyl (C=O) groups is 1. The van der Waals surface area contributed by atoms with Gasteiger partial charge < -0.3 is 15.0 Å². The summed E-state index contributed by atoms with van der Waals surface area (Å²) in [4.78, 5) is 11.8. The van der Waals surface area contributed by atoms with E-state index in [1.165, 1.54) is 16.8 Å². The van der Waals surface area contributed by atoms with Crippen LogP contribution in [0.5, 0.6) is 0 Å². The highest BCUT2D eigenvalue weighted by Crippen LogP contribution is 2.31. The van der Waals surface area contributed by atoms with Gasteiger partial charge in [0.15, 0.2) is 5.69 Å². The summed E-state index contributed by atoms with van der Waals surface area (Å²) in [6.45, 7) is 0. The quantitative estimate of drug-likeness (QED) is 0.678. The van der Waals surface area contributed by atoms with Crippen LogP contribution in [0.1, 0.15) is 16.1 Å². The highest BCUT2D eigenvalue weighted by Gasteiger charge is 2.23. The van der Waals surface area contributed by atoms with Crippen LogP contribution in [0.4, 0.5) is 10.1 Å². The summed E-state index contributed by atoms with van der Waals surface area (Å²) in [6, 6.07) is 4.06. The molecular formula is C13H8Cl2FN3O2. The maximum Gasteiger partial charge on any atom is 0.357 e. The Balaban J connectivity index is 2.78. The first kappa shape index (κ1) is 15.2. The van der Waals surface area contributed by atoms with Gasteiger partial charge in [0, 0.05) is 12.3 Å². The normalized spacial score (nSPS) is 10.2. The molecule has 1 aromatic heterocycles. The Labute approximate surface area is 129 Å². The van der Waals surface area contributed by atoms with Crippen molar-refractivity contribution in [1.82, 2.24) is 4.57 Å². The molecule has 21 heavy (non-hydrogen) atoms. The molecular weight excluding hydrogens is 320 g/mol. The van der Waals surface area contributed by atoms with Gasteiger partial charge in [-0.25, -0.2) is 9.18 Å². The lowest BCUT2D eigenvalue weighted by atomic mass is 10.2. The predicted molar refractivity (Wildman–Crippen MR) is 76.2 cm³/mol. The minimum atomic E-state index is -0.777. The summed E-state index contributed by atoms with van der Waals surface area (Å²) in [5, 5.41) is 8.93. The van der Waals surface area contributed by atoms with Gasteiger partial charge in [-0.05, 0) is 6.07 Å². The third-order valence-corrected chi connectivity index (χ3v) is 3.39. The van der Waals surface area contributed by atoms with Gasteiger partial charge in [0.2, 0.25) is 0 Å². The summed E-state index contributed by atoms with van der Waals surface area (Å²) in [7, 11) is 1.16. The number of methoxy groups -OCH3 is 1. The van der Waals surface area contributed by atoms with Crippen molar-refractivity contribution in [2.24, 2.45) is 0 Å². The SMILES string of the molecule is COC(=O)c1c(N)c(C#N)cn1-c1cc(F)c(Cl)cc1Cl. The monoisotopic (exact) mass is 327 g/mol. The molecule has 0 aliphatic carbocycles. The summed E-state index contributed by atoms with van der Waals surface area (Å²) in [5.41, 5.74) is 5.71. The van der Waals surface area contributed by atoms with Crippen LogP contribution in [-0.2, 0) is 4.74 Å². The maximum absolute atomic E-state index is 13.6. The van der Waals surface area contributed by atoms with Crippen LogP contribution in [-0.4, -0.2) is 17.6 Å². The molecule has 0 radical (unpaired) electrons. The second-order valence-corrected chi connectivity index (χ2v) is 4.81. The van der Waals surface area contributed by atoms with Crippen molar-refractivity contribution in [3.63, 3.8) is 0 Å². The number of hydrogen-bond donors (Lipinski definition) is 1. The summed E-state index contributed by atoms with van der Waals surface area (Å²) >= 11 is 11.6. The van der Waals surface area contributed by atoms with E-state index in [1.807, 2.05) is 6.07 Å². The van der Waals surface area contributed by atoms with Gasteiger partial charge >= 0.3 is 5.97 Å². The fourth-order valence-electron chi connectivity index (χ4n) is 1.80. The third-order valence-electron chi connectivity index (χ3n) is 2.79. The zero-order valence-corrected chi connectivity index (χ0v) is 12.2. The summed E-state index contributed by atoms with van der Waals surface area (Å²) < 4.78 is 19.4. The minimum Gasteiger partial charge on any atom is -0.464 e. The number of anilines is 1. The number of rotatable bonds is 2. The Morgan fingerprint density at radius 2 is 2.10 bits per heavy atom. The van der Waals surface area contributed by atoms with Gasteiger partial charge in [0.1, 0.15) is 11.9 Å². The fraction of sp³-hybridized carbons (Fsp3) is 0.0769. The van der Waals surface area contributed by atoms with Gasteiger partial charge in [0.05, 0.1) is 34.1 Å². The topological polar surface area (TPSA) is 81.0 Å². The number of nitriles is 1. The first-order valence-corrected chi connectivity index (χ1v) is 6.30. The van der Waals surface area contributed by atoms with E-state index in [4.69, 9.17) is 34.2 Å². The van der Waals surface area contributed by atoms with Crippen molar-refractivity contribution in [3.05, 3.63) is 45.4 Å². The van der Waals surface area contributed by atoms with E-state index in [-0.39, 0.29) is 32.7 Å². The van der Waals surface area contributed by atoms with E-state index in [9.17, 15) is 9.18 Å². The number of ether oxygens (including phenoxy) is 1. The average Bonchev–Trinajstić information content (AvgIpc) is 2.78. The van der Waals surface area contributed by atoms with Crippen molar-refractivity contribution in [2.75, 3.05) is 12.8 Å². The fourth-order valence-corrected chi connectivity index (χ4v) is 2.28. The van der Waals surface area contributed by atoms with E-state index < -0.39 is 11.8 Å². The molecule has 0 saturated carbocycles. The summed E-state index contributed by atoms with van der Waals surface area (Å²) in [6.07, 6.45) is 1.27. The lowest BCUT2D eigenvalue weighted by Gasteiger charge is -2.11. The average molecular weight is 328 g/mol. The molecule has 0 atom stereocenters. The number of nitrogens with zero attached hydrogens (tertiary/aromatic N) is 2. The molecule has 0 unspecified atom stereocenters. The van der Waals surface area contributed by atoms with E-state index in [0.29, 0.717) is 0 Å². The van der Waals surface area contributed by atoms with Gasteiger partial charge in [-0.15, -0.1) is 0 Å². The molecule has 0 aliphatic rings.